The lowest BCUT2D eigenvalue weighted by atomic mass is 9.94. The van der Waals surface area contributed by atoms with Crippen LogP contribution in [-0.2, 0) is 29.0 Å². The molecule has 2 aromatic heterocycles. The zero-order valence-corrected chi connectivity index (χ0v) is 20.8. The maximum absolute atomic E-state index is 13.6. The van der Waals surface area contributed by atoms with Crippen LogP contribution in [0.5, 0.6) is 5.75 Å². The predicted molar refractivity (Wildman–Crippen MR) is 130 cm³/mol. The maximum Gasteiger partial charge on any atom is 0.358 e. The standard InChI is InChI=1S/C25H28N4O5S/c1-4-34-23(31)19-14-20-22(30)28(12-11-18-9-7-13-35-18)25(2,16-29(20)27-19)24(32)26-15-17-8-5-6-10-21(17)33-3/h5-10,13-14H,4,11-12,15-16H2,1-3H3,(H,26,32)/t25-/m1/s1. The Bertz CT molecular complexity index is 1220. The molecule has 0 fully saturated rings. The van der Waals surface area contributed by atoms with E-state index in [1.807, 2.05) is 41.8 Å². The summed E-state index contributed by atoms with van der Waals surface area (Å²) in [5.74, 6) is -0.608. The van der Waals surface area contributed by atoms with Crippen molar-refractivity contribution < 1.29 is 23.9 Å². The molecule has 0 bridgehead atoms. The third kappa shape index (κ3) is 4.93. The lowest BCUT2D eigenvalue weighted by Gasteiger charge is -2.43. The summed E-state index contributed by atoms with van der Waals surface area (Å²) in [6, 6.07) is 12.8. The second-order valence-corrected chi connectivity index (χ2v) is 9.38. The zero-order valence-electron chi connectivity index (χ0n) is 19.9. The van der Waals surface area contributed by atoms with Crippen molar-refractivity contribution >= 4 is 29.1 Å². The van der Waals surface area contributed by atoms with E-state index >= 15 is 0 Å². The number of esters is 1. The normalized spacial score (nSPS) is 17.1. The Hall–Kier alpha value is -3.66. The molecule has 1 aliphatic rings. The second kappa shape index (κ2) is 10.3. The molecule has 9 nitrogen and oxygen atoms in total. The van der Waals surface area contributed by atoms with Crippen molar-refractivity contribution in [3.05, 3.63) is 69.7 Å². The summed E-state index contributed by atoms with van der Waals surface area (Å²) in [4.78, 5) is 42.1. The average molecular weight is 497 g/mol. The SMILES string of the molecule is CCOC(=O)c1cc2n(n1)C[C@](C)(C(=O)NCc1ccccc1OC)N(CCc1cccs1)C2=O. The molecule has 1 N–H and O–H groups in total. The summed E-state index contributed by atoms with van der Waals surface area (Å²) in [5.41, 5.74) is -0.0914. The Kier molecular flexibility index (Phi) is 7.20. The predicted octanol–water partition coefficient (Wildman–Crippen LogP) is 2.90. The number of aromatic nitrogens is 2. The van der Waals surface area contributed by atoms with Gasteiger partial charge in [0.25, 0.3) is 5.91 Å². The van der Waals surface area contributed by atoms with Crippen LogP contribution in [0.2, 0.25) is 0 Å². The molecule has 0 saturated carbocycles. The number of amides is 2. The van der Waals surface area contributed by atoms with Crippen molar-refractivity contribution in [1.29, 1.82) is 0 Å². The van der Waals surface area contributed by atoms with Gasteiger partial charge in [-0.1, -0.05) is 24.3 Å². The summed E-state index contributed by atoms with van der Waals surface area (Å²) >= 11 is 1.60. The van der Waals surface area contributed by atoms with E-state index in [4.69, 9.17) is 9.47 Å². The Morgan fingerprint density at radius 3 is 2.74 bits per heavy atom. The van der Waals surface area contributed by atoms with E-state index in [1.54, 1.807) is 37.2 Å². The number of hydrogen-bond acceptors (Lipinski definition) is 7. The number of nitrogens with one attached hydrogen (secondary N) is 1. The number of nitrogens with zero attached hydrogens (tertiary/aromatic N) is 3. The first-order chi connectivity index (χ1) is 16.9. The fraction of sp³-hybridized carbons (Fsp3) is 0.360. The van der Waals surface area contributed by atoms with E-state index in [0.717, 1.165) is 10.4 Å². The van der Waals surface area contributed by atoms with E-state index in [2.05, 4.69) is 10.4 Å². The monoisotopic (exact) mass is 496 g/mol. The molecule has 10 heteroatoms. The Morgan fingerprint density at radius 1 is 1.23 bits per heavy atom. The van der Waals surface area contributed by atoms with Crippen LogP contribution in [-0.4, -0.2) is 58.3 Å². The minimum Gasteiger partial charge on any atom is -0.496 e. The van der Waals surface area contributed by atoms with Gasteiger partial charge in [-0.05, 0) is 37.8 Å². The highest BCUT2D eigenvalue weighted by atomic mass is 32.1. The average Bonchev–Trinajstić information content (AvgIpc) is 3.53. The van der Waals surface area contributed by atoms with Crippen molar-refractivity contribution in [3.63, 3.8) is 0 Å². The molecule has 4 rings (SSSR count). The van der Waals surface area contributed by atoms with Crippen molar-refractivity contribution in [2.75, 3.05) is 20.3 Å². The molecule has 1 atom stereocenters. The molecule has 0 saturated heterocycles. The first kappa shape index (κ1) is 24.5. The highest BCUT2D eigenvalue weighted by molar-refractivity contribution is 7.09. The molecule has 0 spiro atoms. The molecule has 3 heterocycles. The van der Waals surface area contributed by atoms with E-state index < -0.39 is 11.5 Å². The Labute approximate surface area is 207 Å². The van der Waals surface area contributed by atoms with Gasteiger partial charge in [-0.15, -0.1) is 11.3 Å². The van der Waals surface area contributed by atoms with Gasteiger partial charge < -0.3 is 19.7 Å². The van der Waals surface area contributed by atoms with Crippen LogP contribution in [0.15, 0.2) is 47.8 Å². The summed E-state index contributed by atoms with van der Waals surface area (Å²) in [5, 5.41) is 9.23. The number of methoxy groups -OCH3 is 1. The quantitative estimate of drug-likeness (QED) is 0.457. The zero-order chi connectivity index (χ0) is 25.0. The molecule has 2 amide bonds. The Morgan fingerprint density at radius 2 is 2.03 bits per heavy atom. The maximum atomic E-state index is 13.6. The van der Waals surface area contributed by atoms with Crippen LogP contribution >= 0.6 is 11.3 Å². The Balaban J connectivity index is 1.62. The first-order valence-electron chi connectivity index (χ1n) is 11.4. The van der Waals surface area contributed by atoms with Crippen LogP contribution in [0.4, 0.5) is 0 Å². The molecule has 3 aromatic rings. The van der Waals surface area contributed by atoms with Crippen molar-refractivity contribution in [2.45, 2.75) is 38.9 Å². The van der Waals surface area contributed by atoms with Gasteiger partial charge in [0.1, 0.15) is 17.0 Å². The summed E-state index contributed by atoms with van der Waals surface area (Å²) in [6.07, 6.45) is 0.609. The summed E-state index contributed by atoms with van der Waals surface area (Å²) in [6.45, 7) is 4.32. The number of benzene rings is 1. The van der Waals surface area contributed by atoms with Gasteiger partial charge in [0.2, 0.25) is 5.91 Å². The third-order valence-electron chi connectivity index (χ3n) is 6.07. The van der Waals surface area contributed by atoms with Crippen LogP contribution < -0.4 is 10.1 Å². The minimum atomic E-state index is -1.22. The molecular formula is C25H28N4O5S. The molecule has 1 aromatic carbocycles. The molecule has 0 radical (unpaired) electrons. The number of hydrogen-bond donors (Lipinski definition) is 1. The van der Waals surface area contributed by atoms with E-state index in [9.17, 15) is 14.4 Å². The summed E-state index contributed by atoms with van der Waals surface area (Å²) < 4.78 is 11.9. The number of rotatable bonds is 9. The highest BCUT2D eigenvalue weighted by Gasteiger charge is 2.48. The van der Waals surface area contributed by atoms with E-state index in [-0.39, 0.29) is 42.9 Å². The molecule has 0 aliphatic carbocycles. The molecule has 35 heavy (non-hydrogen) atoms. The van der Waals surface area contributed by atoms with Gasteiger partial charge in [0, 0.05) is 29.6 Å². The van der Waals surface area contributed by atoms with Gasteiger partial charge in [-0.25, -0.2) is 4.79 Å². The fourth-order valence-corrected chi connectivity index (χ4v) is 4.89. The number of para-hydroxylation sites is 1. The van der Waals surface area contributed by atoms with E-state index in [1.165, 1.54) is 10.7 Å². The van der Waals surface area contributed by atoms with Crippen LogP contribution in [0.1, 0.15) is 45.3 Å². The highest BCUT2D eigenvalue weighted by Crippen LogP contribution is 2.29. The minimum absolute atomic E-state index is 0.0482. The smallest absolute Gasteiger partial charge is 0.358 e. The third-order valence-corrected chi connectivity index (χ3v) is 7.00. The fourth-order valence-electron chi connectivity index (χ4n) is 4.19. The molecular weight excluding hydrogens is 468 g/mol. The van der Waals surface area contributed by atoms with Crippen molar-refractivity contribution in [3.8, 4) is 5.75 Å². The van der Waals surface area contributed by atoms with Gasteiger partial charge in [0.15, 0.2) is 5.69 Å². The second-order valence-electron chi connectivity index (χ2n) is 8.35. The molecule has 184 valence electrons. The van der Waals surface area contributed by atoms with E-state index in [0.29, 0.717) is 18.7 Å². The number of ether oxygens (including phenoxy) is 2. The number of carbonyl (C=O) groups is 3. The molecule has 1 aliphatic heterocycles. The largest absolute Gasteiger partial charge is 0.496 e. The number of fused-ring (bicyclic) bond motifs is 1. The van der Waals surface area contributed by atoms with Gasteiger partial charge in [0.05, 0.1) is 20.3 Å². The van der Waals surface area contributed by atoms with Crippen LogP contribution in [0.25, 0.3) is 0 Å². The first-order valence-corrected chi connectivity index (χ1v) is 12.2. The van der Waals surface area contributed by atoms with Gasteiger partial charge in [-0.3, -0.25) is 14.3 Å². The lowest BCUT2D eigenvalue weighted by molar-refractivity contribution is -0.133. The van der Waals surface area contributed by atoms with Crippen LogP contribution in [0.3, 0.4) is 0 Å². The van der Waals surface area contributed by atoms with Crippen molar-refractivity contribution in [1.82, 2.24) is 20.0 Å². The van der Waals surface area contributed by atoms with Gasteiger partial charge in [-0.2, -0.15) is 5.10 Å². The summed E-state index contributed by atoms with van der Waals surface area (Å²) in [7, 11) is 1.58. The topological polar surface area (TPSA) is 103 Å². The lowest BCUT2D eigenvalue weighted by Crippen LogP contribution is -2.64. The van der Waals surface area contributed by atoms with Crippen molar-refractivity contribution in [2.24, 2.45) is 0 Å². The number of thiophene rings is 1. The number of carbonyl (C=O) groups excluding carboxylic acids is 3. The van der Waals surface area contributed by atoms with Gasteiger partial charge >= 0.3 is 5.97 Å². The molecule has 0 unspecified atom stereocenters. The van der Waals surface area contributed by atoms with Crippen LogP contribution in [0, 0.1) is 0 Å².